The molecule has 0 bridgehead atoms. The van der Waals surface area contributed by atoms with Gasteiger partial charge in [0.15, 0.2) is 0 Å². The Morgan fingerprint density at radius 3 is 2.62 bits per heavy atom. The Morgan fingerprint density at radius 2 is 1.90 bits per heavy atom. The van der Waals surface area contributed by atoms with Crippen molar-refractivity contribution in [2.45, 2.75) is 18.9 Å². The van der Waals surface area contributed by atoms with E-state index < -0.39 is 5.82 Å². The predicted octanol–water partition coefficient (Wildman–Crippen LogP) is 4.02. The highest BCUT2D eigenvalue weighted by Crippen LogP contribution is 2.41. The minimum Gasteiger partial charge on any atom is -0.508 e. The highest BCUT2D eigenvalue weighted by molar-refractivity contribution is 5.81. The van der Waals surface area contributed by atoms with Gasteiger partial charge in [0.2, 0.25) is 0 Å². The fourth-order valence-corrected chi connectivity index (χ4v) is 2.65. The van der Waals surface area contributed by atoms with Crippen molar-refractivity contribution in [3.05, 3.63) is 48.0 Å². The van der Waals surface area contributed by atoms with Crippen molar-refractivity contribution in [3.63, 3.8) is 0 Å². The molecule has 0 unspecified atom stereocenters. The normalized spacial score (nSPS) is 14.8. The fraction of sp³-hybridized carbons (Fsp3) is 0.188. The summed E-state index contributed by atoms with van der Waals surface area (Å²) < 4.78 is 29.5. The predicted molar refractivity (Wildman–Crippen MR) is 75.0 cm³/mol. The summed E-state index contributed by atoms with van der Waals surface area (Å²) in [6.45, 7) is 0. The molecule has 106 valence electrons. The Hall–Kier alpha value is -2.43. The Balaban J connectivity index is 2.01. The maximum Gasteiger partial charge on any atom is 0.144 e. The molecule has 4 rings (SSSR count). The molecule has 0 amide bonds. The molecule has 2 aromatic carbocycles. The molecule has 1 N–H and O–H groups in total. The molecule has 1 heterocycles. The van der Waals surface area contributed by atoms with Crippen LogP contribution in [-0.2, 0) is 0 Å². The van der Waals surface area contributed by atoms with Gasteiger partial charge in [0, 0.05) is 18.2 Å². The van der Waals surface area contributed by atoms with E-state index in [0.29, 0.717) is 16.9 Å². The lowest BCUT2D eigenvalue weighted by Gasteiger charge is -2.08. The van der Waals surface area contributed by atoms with E-state index in [1.54, 1.807) is 6.07 Å². The van der Waals surface area contributed by atoms with Crippen LogP contribution in [0.25, 0.3) is 22.4 Å². The van der Waals surface area contributed by atoms with Crippen molar-refractivity contribution in [1.82, 2.24) is 9.55 Å². The number of imidazole rings is 1. The van der Waals surface area contributed by atoms with Crippen LogP contribution in [0, 0.1) is 11.6 Å². The molecule has 5 heteroatoms. The van der Waals surface area contributed by atoms with Gasteiger partial charge in [0.1, 0.15) is 23.2 Å². The van der Waals surface area contributed by atoms with E-state index in [4.69, 9.17) is 0 Å². The lowest BCUT2D eigenvalue weighted by Crippen LogP contribution is -1.98. The molecule has 1 aliphatic carbocycles. The molecule has 1 aliphatic rings. The van der Waals surface area contributed by atoms with E-state index in [1.165, 1.54) is 24.3 Å². The van der Waals surface area contributed by atoms with Gasteiger partial charge in [-0.25, -0.2) is 13.8 Å². The second-order valence-electron chi connectivity index (χ2n) is 5.33. The molecule has 0 aliphatic heterocycles. The van der Waals surface area contributed by atoms with E-state index in [-0.39, 0.29) is 17.6 Å². The molecule has 0 atom stereocenters. The lowest BCUT2D eigenvalue weighted by atomic mass is 10.2. The Bertz CT molecular complexity index is 853. The number of benzene rings is 2. The van der Waals surface area contributed by atoms with E-state index in [2.05, 4.69) is 4.98 Å². The summed E-state index contributed by atoms with van der Waals surface area (Å²) in [4.78, 5) is 4.40. The Morgan fingerprint density at radius 1 is 1.10 bits per heavy atom. The largest absolute Gasteiger partial charge is 0.508 e. The van der Waals surface area contributed by atoms with Crippen molar-refractivity contribution in [3.8, 4) is 17.1 Å². The number of hydrogen-bond donors (Lipinski definition) is 1. The maximum atomic E-state index is 14.1. The van der Waals surface area contributed by atoms with Crippen LogP contribution in [0.3, 0.4) is 0 Å². The van der Waals surface area contributed by atoms with Crippen LogP contribution in [0.15, 0.2) is 36.4 Å². The van der Waals surface area contributed by atoms with Gasteiger partial charge in [-0.1, -0.05) is 0 Å². The van der Waals surface area contributed by atoms with Gasteiger partial charge in [-0.15, -0.1) is 0 Å². The number of hydrogen-bond acceptors (Lipinski definition) is 2. The second kappa shape index (κ2) is 4.28. The molecule has 3 nitrogen and oxygen atoms in total. The number of rotatable bonds is 2. The van der Waals surface area contributed by atoms with Gasteiger partial charge >= 0.3 is 0 Å². The summed E-state index contributed by atoms with van der Waals surface area (Å²) in [5, 5.41) is 9.33. The second-order valence-corrected chi connectivity index (χ2v) is 5.33. The van der Waals surface area contributed by atoms with Gasteiger partial charge in [-0.3, -0.25) is 0 Å². The first kappa shape index (κ1) is 12.3. The zero-order valence-corrected chi connectivity index (χ0v) is 11.1. The van der Waals surface area contributed by atoms with Crippen molar-refractivity contribution in [2.75, 3.05) is 0 Å². The monoisotopic (exact) mass is 286 g/mol. The van der Waals surface area contributed by atoms with Crippen LogP contribution in [0.2, 0.25) is 0 Å². The van der Waals surface area contributed by atoms with E-state index in [9.17, 15) is 13.9 Å². The number of phenolic OH excluding ortho intramolecular Hbond substituents is 1. The van der Waals surface area contributed by atoms with E-state index in [0.717, 1.165) is 24.4 Å². The number of phenols is 1. The van der Waals surface area contributed by atoms with Gasteiger partial charge in [-0.2, -0.15) is 0 Å². The number of halogens is 2. The standard InChI is InChI=1S/C16H12F2N2O/c17-9-1-6-15-14(7-9)19-16(20(15)10-2-3-10)12-5-4-11(21)8-13(12)18/h1,4-8,10,21H,2-3H2. The summed E-state index contributed by atoms with van der Waals surface area (Å²) in [7, 11) is 0. The first-order valence-corrected chi connectivity index (χ1v) is 6.80. The minimum absolute atomic E-state index is 0.128. The van der Waals surface area contributed by atoms with Crippen LogP contribution in [0.1, 0.15) is 18.9 Å². The molecule has 21 heavy (non-hydrogen) atoms. The van der Waals surface area contributed by atoms with Gasteiger partial charge in [-0.05, 0) is 37.1 Å². The highest BCUT2D eigenvalue weighted by atomic mass is 19.1. The summed E-state index contributed by atoms with van der Waals surface area (Å²) in [6, 6.07) is 8.69. The molecule has 3 aromatic rings. The van der Waals surface area contributed by atoms with Crippen molar-refractivity contribution in [2.24, 2.45) is 0 Å². The molecule has 1 fully saturated rings. The maximum absolute atomic E-state index is 14.1. The summed E-state index contributed by atoms with van der Waals surface area (Å²) in [5.41, 5.74) is 1.64. The third kappa shape index (κ3) is 1.96. The molecule has 0 saturated heterocycles. The van der Waals surface area contributed by atoms with Gasteiger partial charge in [0.25, 0.3) is 0 Å². The van der Waals surface area contributed by atoms with Crippen molar-refractivity contribution >= 4 is 11.0 Å². The topological polar surface area (TPSA) is 38.1 Å². The first-order valence-electron chi connectivity index (χ1n) is 6.80. The lowest BCUT2D eigenvalue weighted by molar-refractivity contribution is 0.469. The van der Waals surface area contributed by atoms with Gasteiger partial charge < -0.3 is 9.67 Å². The Labute approximate surface area is 119 Å². The molecular weight excluding hydrogens is 274 g/mol. The summed E-state index contributed by atoms with van der Waals surface area (Å²) in [6.07, 6.45) is 2.02. The SMILES string of the molecule is Oc1ccc(-c2nc3cc(F)ccc3n2C2CC2)c(F)c1. The van der Waals surface area contributed by atoms with Crippen LogP contribution >= 0.6 is 0 Å². The number of fused-ring (bicyclic) bond motifs is 1. The molecule has 0 radical (unpaired) electrons. The first-order chi connectivity index (χ1) is 10.1. The van der Waals surface area contributed by atoms with Crippen LogP contribution in [0.5, 0.6) is 5.75 Å². The molecule has 1 aromatic heterocycles. The average molecular weight is 286 g/mol. The van der Waals surface area contributed by atoms with Crippen molar-refractivity contribution in [1.29, 1.82) is 0 Å². The smallest absolute Gasteiger partial charge is 0.144 e. The van der Waals surface area contributed by atoms with Crippen molar-refractivity contribution < 1.29 is 13.9 Å². The zero-order chi connectivity index (χ0) is 14.6. The quantitative estimate of drug-likeness (QED) is 0.772. The number of aromatic hydroxyl groups is 1. The van der Waals surface area contributed by atoms with E-state index >= 15 is 0 Å². The van der Waals surface area contributed by atoms with Crippen LogP contribution < -0.4 is 0 Å². The number of nitrogens with zero attached hydrogens (tertiary/aromatic N) is 2. The molecule has 0 spiro atoms. The fourth-order valence-electron chi connectivity index (χ4n) is 2.65. The van der Waals surface area contributed by atoms with Crippen LogP contribution in [-0.4, -0.2) is 14.7 Å². The van der Waals surface area contributed by atoms with Gasteiger partial charge in [0.05, 0.1) is 16.6 Å². The van der Waals surface area contributed by atoms with Crippen LogP contribution in [0.4, 0.5) is 8.78 Å². The minimum atomic E-state index is -0.535. The molecule has 1 saturated carbocycles. The highest BCUT2D eigenvalue weighted by Gasteiger charge is 2.29. The summed E-state index contributed by atoms with van der Waals surface area (Å²) in [5.74, 6) is -0.541. The number of aromatic nitrogens is 2. The third-order valence-electron chi connectivity index (χ3n) is 3.76. The van der Waals surface area contributed by atoms with E-state index in [1.807, 2.05) is 4.57 Å². The third-order valence-corrected chi connectivity index (χ3v) is 3.76. The zero-order valence-electron chi connectivity index (χ0n) is 11.1. The average Bonchev–Trinajstić information content (AvgIpc) is 3.20. The molecular formula is C16H12F2N2O. The Kier molecular flexibility index (Phi) is 2.51. The summed E-state index contributed by atoms with van der Waals surface area (Å²) >= 11 is 0.